The van der Waals surface area contributed by atoms with Crippen molar-refractivity contribution in [3.8, 4) is 0 Å². The molecule has 0 radical (unpaired) electrons. The van der Waals surface area contributed by atoms with Crippen molar-refractivity contribution < 1.29 is 19.4 Å². The molecule has 0 saturated heterocycles. The Bertz CT molecular complexity index is 466. The smallest absolute Gasteiger partial charge is 0.338 e. The molecule has 4 nitrogen and oxygen atoms in total. The van der Waals surface area contributed by atoms with Gasteiger partial charge in [-0.3, -0.25) is 0 Å². The molecule has 1 aromatic carbocycles. The average Bonchev–Trinajstić information content (AvgIpc) is 3.10. The highest BCUT2D eigenvalue weighted by molar-refractivity contribution is 5.80. The number of hydrogen-bond acceptors (Lipinski definition) is 4. The molecule has 134 valence electrons. The zero-order valence-electron chi connectivity index (χ0n) is 14.5. The summed E-state index contributed by atoms with van der Waals surface area (Å²) in [5.41, 5.74) is 0.280. The van der Waals surface area contributed by atoms with Crippen LogP contribution < -0.4 is 0 Å². The van der Waals surface area contributed by atoms with Crippen LogP contribution in [0.2, 0.25) is 0 Å². The highest BCUT2D eigenvalue weighted by Crippen LogP contribution is 2.35. The molecule has 1 fully saturated rings. The molecular formula is C20H30O4. The van der Waals surface area contributed by atoms with Crippen LogP contribution in [-0.2, 0) is 20.9 Å². The summed E-state index contributed by atoms with van der Waals surface area (Å²) in [4.78, 5) is 12.6. The maximum atomic E-state index is 12.6. The fourth-order valence-corrected chi connectivity index (χ4v) is 3.22. The Morgan fingerprint density at radius 3 is 2.38 bits per heavy atom. The SMILES string of the molecule is O=C(OCc1ccccc1)C1(OCCCCCCCO)CCCC1. The third-order valence-corrected chi connectivity index (χ3v) is 4.68. The fraction of sp³-hybridized carbons (Fsp3) is 0.650. The third-order valence-electron chi connectivity index (χ3n) is 4.68. The summed E-state index contributed by atoms with van der Waals surface area (Å²) in [7, 11) is 0. The number of carbonyl (C=O) groups excluding carboxylic acids is 1. The van der Waals surface area contributed by atoms with Crippen molar-refractivity contribution in [2.45, 2.75) is 70.0 Å². The lowest BCUT2D eigenvalue weighted by Gasteiger charge is -2.27. The van der Waals surface area contributed by atoms with Gasteiger partial charge in [0.1, 0.15) is 6.61 Å². The van der Waals surface area contributed by atoms with Gasteiger partial charge in [0.05, 0.1) is 0 Å². The quantitative estimate of drug-likeness (QED) is 0.491. The fourth-order valence-electron chi connectivity index (χ4n) is 3.22. The van der Waals surface area contributed by atoms with Crippen LogP contribution in [-0.4, -0.2) is 29.9 Å². The maximum absolute atomic E-state index is 12.6. The lowest BCUT2D eigenvalue weighted by molar-refractivity contribution is -0.173. The lowest BCUT2D eigenvalue weighted by Crippen LogP contribution is -2.40. The first-order chi connectivity index (χ1) is 11.8. The van der Waals surface area contributed by atoms with Gasteiger partial charge in [0.15, 0.2) is 5.60 Å². The number of hydrogen-bond donors (Lipinski definition) is 1. The molecule has 2 rings (SSSR count). The standard InChI is InChI=1S/C20H30O4/c21-15-9-2-1-3-10-16-24-20(13-7-8-14-20)19(22)23-17-18-11-5-4-6-12-18/h4-6,11-12,21H,1-3,7-10,13-17H2. The summed E-state index contributed by atoms with van der Waals surface area (Å²) < 4.78 is 11.6. The first-order valence-electron chi connectivity index (χ1n) is 9.23. The molecule has 24 heavy (non-hydrogen) atoms. The van der Waals surface area contributed by atoms with E-state index in [4.69, 9.17) is 14.6 Å². The van der Waals surface area contributed by atoms with Crippen LogP contribution in [0.1, 0.15) is 63.4 Å². The Morgan fingerprint density at radius 1 is 1.00 bits per heavy atom. The summed E-state index contributed by atoms with van der Waals surface area (Å²) in [6.07, 6.45) is 8.66. The molecule has 0 unspecified atom stereocenters. The Hall–Kier alpha value is -1.39. The number of ether oxygens (including phenoxy) is 2. The number of unbranched alkanes of at least 4 members (excludes halogenated alkanes) is 4. The molecule has 1 N–H and O–H groups in total. The molecule has 0 amide bonds. The van der Waals surface area contributed by atoms with Crippen molar-refractivity contribution in [1.82, 2.24) is 0 Å². The van der Waals surface area contributed by atoms with Crippen LogP contribution in [0.5, 0.6) is 0 Å². The third kappa shape index (κ3) is 5.91. The van der Waals surface area contributed by atoms with E-state index in [9.17, 15) is 4.79 Å². The topological polar surface area (TPSA) is 55.8 Å². The van der Waals surface area contributed by atoms with Crippen LogP contribution in [0.4, 0.5) is 0 Å². The van der Waals surface area contributed by atoms with Gasteiger partial charge in [-0.1, -0.05) is 49.6 Å². The Labute approximate surface area is 145 Å². The number of aliphatic hydroxyl groups is 1. The van der Waals surface area contributed by atoms with Gasteiger partial charge >= 0.3 is 5.97 Å². The van der Waals surface area contributed by atoms with E-state index < -0.39 is 5.60 Å². The molecule has 1 saturated carbocycles. The highest BCUT2D eigenvalue weighted by atomic mass is 16.6. The number of esters is 1. The minimum Gasteiger partial charge on any atom is -0.459 e. The average molecular weight is 334 g/mol. The van der Waals surface area contributed by atoms with E-state index >= 15 is 0 Å². The summed E-state index contributed by atoms with van der Waals surface area (Å²) in [5.74, 6) is -0.205. The summed E-state index contributed by atoms with van der Waals surface area (Å²) in [5, 5.41) is 8.76. The minimum atomic E-state index is -0.722. The zero-order chi connectivity index (χ0) is 17.1. The molecule has 0 atom stereocenters. The van der Waals surface area contributed by atoms with E-state index in [1.54, 1.807) is 0 Å². The predicted octanol–water partition coefficient (Wildman–Crippen LogP) is 4.00. The van der Waals surface area contributed by atoms with Gasteiger partial charge in [-0.15, -0.1) is 0 Å². The molecular weight excluding hydrogens is 304 g/mol. The molecule has 1 aliphatic rings. The summed E-state index contributed by atoms with van der Waals surface area (Å²) in [6, 6.07) is 9.76. The molecule has 0 heterocycles. The van der Waals surface area contributed by atoms with E-state index in [0.29, 0.717) is 13.2 Å². The molecule has 0 spiro atoms. The van der Waals surface area contributed by atoms with Crippen molar-refractivity contribution in [1.29, 1.82) is 0 Å². The van der Waals surface area contributed by atoms with Crippen LogP contribution >= 0.6 is 0 Å². The van der Waals surface area contributed by atoms with Crippen LogP contribution in [0, 0.1) is 0 Å². The normalized spacial score (nSPS) is 16.2. The minimum absolute atomic E-state index is 0.205. The van der Waals surface area contributed by atoms with Gasteiger partial charge in [0.2, 0.25) is 0 Å². The van der Waals surface area contributed by atoms with E-state index in [2.05, 4.69) is 0 Å². The number of rotatable bonds is 11. The van der Waals surface area contributed by atoms with E-state index in [1.807, 2.05) is 30.3 Å². The summed E-state index contributed by atoms with van der Waals surface area (Å²) >= 11 is 0. The molecule has 0 aliphatic heterocycles. The molecule has 1 aromatic rings. The summed E-state index contributed by atoms with van der Waals surface area (Å²) in [6.45, 7) is 1.19. The van der Waals surface area contributed by atoms with Crippen LogP contribution in [0.15, 0.2) is 30.3 Å². The molecule has 1 aliphatic carbocycles. The van der Waals surface area contributed by atoms with Gasteiger partial charge in [-0.25, -0.2) is 4.79 Å². The van der Waals surface area contributed by atoms with Gasteiger partial charge in [-0.2, -0.15) is 0 Å². The molecule has 0 bridgehead atoms. The second kappa shape index (κ2) is 10.5. The number of aliphatic hydroxyl groups excluding tert-OH is 1. The second-order valence-electron chi connectivity index (χ2n) is 6.60. The molecule has 4 heteroatoms. The number of carbonyl (C=O) groups is 1. The van der Waals surface area contributed by atoms with Gasteiger partial charge in [-0.05, 0) is 44.1 Å². The first kappa shape index (κ1) is 18.9. The maximum Gasteiger partial charge on any atom is 0.338 e. The second-order valence-corrected chi connectivity index (χ2v) is 6.60. The van der Waals surface area contributed by atoms with E-state index in [-0.39, 0.29) is 12.6 Å². The number of benzene rings is 1. The van der Waals surface area contributed by atoms with Crippen molar-refractivity contribution in [2.24, 2.45) is 0 Å². The Kier molecular flexibility index (Phi) is 8.26. The van der Waals surface area contributed by atoms with Gasteiger partial charge < -0.3 is 14.6 Å². The van der Waals surface area contributed by atoms with Crippen molar-refractivity contribution in [2.75, 3.05) is 13.2 Å². The zero-order valence-corrected chi connectivity index (χ0v) is 14.5. The highest BCUT2D eigenvalue weighted by Gasteiger charge is 2.43. The Morgan fingerprint density at radius 2 is 1.67 bits per heavy atom. The predicted molar refractivity (Wildman–Crippen MR) is 93.6 cm³/mol. The van der Waals surface area contributed by atoms with Crippen molar-refractivity contribution in [3.63, 3.8) is 0 Å². The van der Waals surface area contributed by atoms with Gasteiger partial charge in [0.25, 0.3) is 0 Å². The van der Waals surface area contributed by atoms with Crippen molar-refractivity contribution >= 4 is 5.97 Å². The van der Waals surface area contributed by atoms with Gasteiger partial charge in [0, 0.05) is 13.2 Å². The lowest BCUT2D eigenvalue weighted by atomic mass is 10.0. The largest absolute Gasteiger partial charge is 0.459 e. The van der Waals surface area contributed by atoms with E-state index in [0.717, 1.165) is 63.4 Å². The van der Waals surface area contributed by atoms with Crippen LogP contribution in [0.3, 0.4) is 0 Å². The van der Waals surface area contributed by atoms with Crippen LogP contribution in [0.25, 0.3) is 0 Å². The first-order valence-corrected chi connectivity index (χ1v) is 9.23. The van der Waals surface area contributed by atoms with E-state index in [1.165, 1.54) is 0 Å². The monoisotopic (exact) mass is 334 g/mol. The van der Waals surface area contributed by atoms with Crippen molar-refractivity contribution in [3.05, 3.63) is 35.9 Å². The Balaban J connectivity index is 1.73. The molecule has 0 aromatic heterocycles.